The number of para-hydroxylation sites is 1. The summed E-state index contributed by atoms with van der Waals surface area (Å²) < 4.78 is 11.1. The average molecular weight is 342 g/mol. The van der Waals surface area contributed by atoms with Gasteiger partial charge in [-0.3, -0.25) is 4.79 Å². The molecular formula is C19H16ClNO3. The number of benzene rings is 2. The molecule has 0 spiro atoms. The van der Waals surface area contributed by atoms with E-state index in [1.54, 1.807) is 12.1 Å². The lowest BCUT2D eigenvalue weighted by molar-refractivity contribution is -0.123. The second kappa shape index (κ2) is 7.70. The van der Waals surface area contributed by atoms with Crippen molar-refractivity contribution in [2.24, 2.45) is 0 Å². The van der Waals surface area contributed by atoms with Crippen LogP contribution in [0, 0.1) is 0 Å². The van der Waals surface area contributed by atoms with Crippen molar-refractivity contribution in [3.05, 3.63) is 77.5 Å². The Morgan fingerprint density at radius 2 is 1.75 bits per heavy atom. The Morgan fingerprint density at radius 3 is 2.50 bits per heavy atom. The maximum absolute atomic E-state index is 11.8. The van der Waals surface area contributed by atoms with Gasteiger partial charge in [0.05, 0.1) is 6.54 Å². The third-order valence-corrected chi connectivity index (χ3v) is 3.62. The Kier molecular flexibility index (Phi) is 5.18. The minimum atomic E-state index is -0.205. The molecule has 24 heavy (non-hydrogen) atoms. The van der Waals surface area contributed by atoms with Crippen LogP contribution in [0.15, 0.2) is 71.1 Å². The molecule has 0 bridgehead atoms. The summed E-state index contributed by atoms with van der Waals surface area (Å²) in [6, 6.07) is 20.3. The van der Waals surface area contributed by atoms with Crippen LogP contribution in [0.4, 0.5) is 0 Å². The maximum atomic E-state index is 11.8. The predicted molar refractivity (Wildman–Crippen MR) is 92.9 cm³/mol. The third-order valence-electron chi connectivity index (χ3n) is 3.36. The molecule has 1 aromatic heterocycles. The molecule has 2 aromatic carbocycles. The summed E-state index contributed by atoms with van der Waals surface area (Å²) in [7, 11) is 0. The Bertz CT molecular complexity index is 797. The summed E-state index contributed by atoms with van der Waals surface area (Å²) in [5.74, 6) is 1.86. The lowest BCUT2D eigenvalue weighted by atomic mass is 10.2. The van der Waals surface area contributed by atoms with E-state index in [4.69, 9.17) is 20.8 Å². The number of rotatable bonds is 6. The number of ether oxygens (including phenoxy) is 1. The molecule has 0 aliphatic carbocycles. The van der Waals surface area contributed by atoms with E-state index in [-0.39, 0.29) is 12.5 Å². The fourth-order valence-electron chi connectivity index (χ4n) is 2.14. The molecule has 0 aliphatic heterocycles. The minimum absolute atomic E-state index is 0.0330. The van der Waals surface area contributed by atoms with Gasteiger partial charge in [-0.25, -0.2) is 0 Å². The van der Waals surface area contributed by atoms with Gasteiger partial charge in [-0.1, -0.05) is 29.8 Å². The SMILES string of the molecule is O=C(COc1ccccc1)NCc1ccc(-c2ccc(Cl)cc2)o1. The van der Waals surface area contributed by atoms with Crippen molar-refractivity contribution in [3.8, 4) is 17.1 Å². The zero-order chi connectivity index (χ0) is 16.8. The first-order valence-corrected chi connectivity index (χ1v) is 7.88. The Hall–Kier alpha value is -2.72. The number of carbonyl (C=O) groups is 1. The molecule has 0 saturated heterocycles. The summed E-state index contributed by atoms with van der Waals surface area (Å²) in [5, 5.41) is 3.44. The van der Waals surface area contributed by atoms with Gasteiger partial charge in [-0.05, 0) is 48.5 Å². The first-order valence-electron chi connectivity index (χ1n) is 7.50. The quantitative estimate of drug-likeness (QED) is 0.727. The Labute approximate surface area is 145 Å². The number of carbonyl (C=O) groups excluding carboxylic acids is 1. The number of nitrogens with one attached hydrogen (secondary N) is 1. The van der Waals surface area contributed by atoms with E-state index in [1.165, 1.54) is 0 Å². The van der Waals surface area contributed by atoms with Gasteiger partial charge in [0.1, 0.15) is 17.3 Å². The van der Waals surface area contributed by atoms with Crippen LogP contribution in [-0.2, 0) is 11.3 Å². The van der Waals surface area contributed by atoms with Crippen molar-refractivity contribution >= 4 is 17.5 Å². The lowest BCUT2D eigenvalue weighted by Crippen LogP contribution is -2.28. The first-order chi connectivity index (χ1) is 11.7. The molecule has 5 heteroatoms. The highest BCUT2D eigenvalue weighted by atomic mass is 35.5. The molecule has 0 unspecified atom stereocenters. The molecule has 0 fully saturated rings. The van der Waals surface area contributed by atoms with Crippen molar-refractivity contribution in [1.29, 1.82) is 0 Å². The summed E-state index contributed by atoms with van der Waals surface area (Å²) in [6.45, 7) is 0.277. The minimum Gasteiger partial charge on any atom is -0.484 e. The van der Waals surface area contributed by atoms with Gasteiger partial charge < -0.3 is 14.5 Å². The zero-order valence-corrected chi connectivity index (χ0v) is 13.6. The smallest absolute Gasteiger partial charge is 0.258 e. The van der Waals surface area contributed by atoms with Gasteiger partial charge in [-0.15, -0.1) is 0 Å². The highest BCUT2D eigenvalue weighted by molar-refractivity contribution is 6.30. The molecule has 4 nitrogen and oxygen atoms in total. The molecule has 122 valence electrons. The van der Waals surface area contributed by atoms with Crippen molar-refractivity contribution in [2.75, 3.05) is 6.61 Å². The second-order valence-electron chi connectivity index (χ2n) is 5.15. The standard InChI is InChI=1S/C19H16ClNO3/c20-15-8-6-14(7-9-15)18-11-10-17(24-18)12-21-19(22)13-23-16-4-2-1-3-5-16/h1-11H,12-13H2,(H,21,22). The van der Waals surface area contributed by atoms with Crippen molar-refractivity contribution in [3.63, 3.8) is 0 Å². The molecular weight excluding hydrogens is 326 g/mol. The first kappa shape index (κ1) is 16.1. The maximum Gasteiger partial charge on any atom is 0.258 e. The van der Waals surface area contributed by atoms with Gasteiger partial charge in [-0.2, -0.15) is 0 Å². The molecule has 0 atom stereocenters. The zero-order valence-electron chi connectivity index (χ0n) is 12.9. The second-order valence-corrected chi connectivity index (χ2v) is 5.59. The fourth-order valence-corrected chi connectivity index (χ4v) is 2.27. The summed E-state index contributed by atoms with van der Waals surface area (Å²) in [6.07, 6.45) is 0. The fraction of sp³-hybridized carbons (Fsp3) is 0.105. The van der Waals surface area contributed by atoms with Crippen LogP contribution < -0.4 is 10.1 Å². The van der Waals surface area contributed by atoms with Crippen molar-refractivity contribution in [1.82, 2.24) is 5.32 Å². The van der Waals surface area contributed by atoms with Crippen LogP contribution in [0.3, 0.4) is 0 Å². The predicted octanol–water partition coefficient (Wildman–Crippen LogP) is 4.30. The van der Waals surface area contributed by atoms with Crippen LogP contribution in [0.25, 0.3) is 11.3 Å². The van der Waals surface area contributed by atoms with Gasteiger partial charge in [0.25, 0.3) is 5.91 Å². The number of halogens is 1. The summed E-state index contributed by atoms with van der Waals surface area (Å²) in [5.41, 5.74) is 0.935. The molecule has 0 radical (unpaired) electrons. The van der Waals surface area contributed by atoms with Crippen LogP contribution in [0.1, 0.15) is 5.76 Å². The van der Waals surface area contributed by atoms with Crippen LogP contribution in [0.2, 0.25) is 5.02 Å². The highest BCUT2D eigenvalue weighted by Crippen LogP contribution is 2.23. The van der Waals surface area contributed by atoms with E-state index in [1.807, 2.05) is 54.6 Å². The number of furan rings is 1. The van der Waals surface area contributed by atoms with Crippen molar-refractivity contribution in [2.45, 2.75) is 6.54 Å². The van der Waals surface area contributed by atoms with E-state index >= 15 is 0 Å². The van der Waals surface area contributed by atoms with E-state index in [9.17, 15) is 4.79 Å². The normalized spacial score (nSPS) is 10.4. The molecule has 1 N–H and O–H groups in total. The number of amides is 1. The summed E-state index contributed by atoms with van der Waals surface area (Å²) in [4.78, 5) is 11.8. The van der Waals surface area contributed by atoms with Crippen LogP contribution >= 0.6 is 11.6 Å². The molecule has 3 aromatic rings. The molecule has 0 aliphatic rings. The van der Waals surface area contributed by atoms with Crippen molar-refractivity contribution < 1.29 is 13.9 Å². The Morgan fingerprint density at radius 1 is 1.00 bits per heavy atom. The van der Waals surface area contributed by atoms with Gasteiger partial charge >= 0.3 is 0 Å². The average Bonchev–Trinajstić information content (AvgIpc) is 3.09. The van der Waals surface area contributed by atoms with E-state index in [0.717, 1.165) is 11.3 Å². The highest BCUT2D eigenvalue weighted by Gasteiger charge is 2.07. The van der Waals surface area contributed by atoms with Gasteiger partial charge in [0.15, 0.2) is 6.61 Å². The monoisotopic (exact) mass is 341 g/mol. The molecule has 3 rings (SSSR count). The lowest BCUT2D eigenvalue weighted by Gasteiger charge is -2.06. The van der Waals surface area contributed by atoms with Crippen LogP contribution in [0.5, 0.6) is 5.75 Å². The third kappa shape index (κ3) is 4.40. The molecule has 1 amide bonds. The van der Waals surface area contributed by atoms with Gasteiger partial charge in [0, 0.05) is 10.6 Å². The Balaban J connectivity index is 1.50. The van der Waals surface area contributed by atoms with E-state index in [2.05, 4.69) is 5.32 Å². The summed E-state index contributed by atoms with van der Waals surface area (Å²) >= 11 is 5.87. The number of hydrogen-bond donors (Lipinski definition) is 1. The topological polar surface area (TPSA) is 51.5 Å². The van der Waals surface area contributed by atoms with E-state index < -0.39 is 0 Å². The number of hydrogen-bond acceptors (Lipinski definition) is 3. The van der Waals surface area contributed by atoms with E-state index in [0.29, 0.717) is 23.1 Å². The van der Waals surface area contributed by atoms with Gasteiger partial charge in [0.2, 0.25) is 0 Å². The molecule has 0 saturated carbocycles. The largest absolute Gasteiger partial charge is 0.484 e. The molecule has 1 heterocycles. The van der Waals surface area contributed by atoms with Crippen LogP contribution in [-0.4, -0.2) is 12.5 Å².